The van der Waals surface area contributed by atoms with Gasteiger partial charge in [0.25, 0.3) is 0 Å². The fourth-order valence-corrected chi connectivity index (χ4v) is 4.14. The van der Waals surface area contributed by atoms with E-state index < -0.39 is 0 Å². The lowest BCUT2D eigenvalue weighted by molar-refractivity contribution is 0.958. The van der Waals surface area contributed by atoms with Crippen molar-refractivity contribution in [1.82, 2.24) is 20.6 Å². The molecule has 3 aromatic rings. The zero-order chi connectivity index (χ0) is 21.3. The zero-order valence-electron chi connectivity index (χ0n) is 17.5. The molecule has 0 fully saturated rings. The molecule has 0 unspecified atom stereocenters. The molecule has 0 aliphatic carbocycles. The van der Waals surface area contributed by atoms with Crippen LogP contribution >= 0.6 is 0 Å². The standard InChI is InChI=1S/C24H22N8/c1-2-4-19-16(3-1)15-32(18-6-8-21(30-14-18)23-27-11-12-28-23)24(19)31-17-5-7-20(29-13-17)22-25-9-10-26-22/h1-8,13-14H,9-12,15H2,(H,25,26)(H,27,28). The Labute approximate surface area is 185 Å². The highest BCUT2D eigenvalue weighted by Crippen LogP contribution is 2.30. The lowest BCUT2D eigenvalue weighted by atomic mass is 10.1. The second-order valence-electron chi connectivity index (χ2n) is 7.80. The minimum Gasteiger partial charge on any atom is -0.367 e. The average molecular weight is 422 g/mol. The topological polar surface area (TPSA) is 90.2 Å². The lowest BCUT2D eigenvalue weighted by Crippen LogP contribution is -2.25. The van der Waals surface area contributed by atoms with E-state index in [9.17, 15) is 0 Å². The number of hydrogen-bond donors (Lipinski definition) is 2. The van der Waals surface area contributed by atoms with Gasteiger partial charge in [0.15, 0.2) is 0 Å². The number of anilines is 1. The van der Waals surface area contributed by atoms with Crippen LogP contribution in [0.1, 0.15) is 22.5 Å². The maximum Gasteiger partial charge on any atom is 0.147 e. The van der Waals surface area contributed by atoms with E-state index in [4.69, 9.17) is 4.99 Å². The van der Waals surface area contributed by atoms with Crippen molar-refractivity contribution in [3.63, 3.8) is 0 Å². The van der Waals surface area contributed by atoms with E-state index in [0.717, 1.165) is 78.6 Å². The molecule has 5 heterocycles. The number of pyridine rings is 2. The van der Waals surface area contributed by atoms with Gasteiger partial charge in [0.1, 0.15) is 28.9 Å². The number of rotatable bonds is 4. The molecule has 0 atom stereocenters. The smallest absolute Gasteiger partial charge is 0.147 e. The largest absolute Gasteiger partial charge is 0.367 e. The van der Waals surface area contributed by atoms with Crippen LogP contribution in [0.5, 0.6) is 0 Å². The Morgan fingerprint density at radius 3 is 2.12 bits per heavy atom. The first kappa shape index (κ1) is 18.7. The van der Waals surface area contributed by atoms with Crippen molar-refractivity contribution >= 4 is 28.9 Å². The zero-order valence-corrected chi connectivity index (χ0v) is 17.5. The normalized spacial score (nSPS) is 18.2. The molecule has 0 spiro atoms. The fourth-order valence-electron chi connectivity index (χ4n) is 4.14. The van der Waals surface area contributed by atoms with Crippen LogP contribution in [-0.2, 0) is 6.54 Å². The van der Waals surface area contributed by atoms with Gasteiger partial charge in [0.2, 0.25) is 0 Å². The molecule has 1 aromatic carbocycles. The predicted molar refractivity (Wildman–Crippen MR) is 126 cm³/mol. The quantitative estimate of drug-likeness (QED) is 0.673. The number of aliphatic imine (C=N–C) groups is 3. The third kappa shape index (κ3) is 3.39. The molecule has 6 rings (SSSR count). The van der Waals surface area contributed by atoms with Crippen LogP contribution in [0.15, 0.2) is 75.9 Å². The predicted octanol–water partition coefficient (Wildman–Crippen LogP) is 2.27. The van der Waals surface area contributed by atoms with Gasteiger partial charge in [-0.05, 0) is 29.8 Å². The van der Waals surface area contributed by atoms with Gasteiger partial charge < -0.3 is 15.5 Å². The Kier molecular flexibility index (Phi) is 4.60. The molecule has 0 saturated carbocycles. The second-order valence-corrected chi connectivity index (χ2v) is 7.80. The van der Waals surface area contributed by atoms with E-state index in [1.54, 1.807) is 6.20 Å². The summed E-state index contributed by atoms with van der Waals surface area (Å²) in [7, 11) is 0. The number of amidine groups is 3. The molecule has 8 heteroatoms. The first-order valence-electron chi connectivity index (χ1n) is 10.8. The minimum atomic E-state index is 0.751. The third-order valence-corrected chi connectivity index (χ3v) is 5.72. The minimum absolute atomic E-state index is 0.751. The van der Waals surface area contributed by atoms with Crippen molar-refractivity contribution in [2.24, 2.45) is 15.0 Å². The summed E-state index contributed by atoms with van der Waals surface area (Å²) < 4.78 is 0. The molecule has 0 radical (unpaired) electrons. The molecule has 0 saturated heterocycles. The molecule has 32 heavy (non-hydrogen) atoms. The SMILES string of the molecule is c1ccc2c(c1)CN(c1ccc(C3=NCCN3)nc1)C2=Nc1ccc(C2=NCCN2)nc1. The molecule has 158 valence electrons. The Morgan fingerprint density at radius 2 is 1.50 bits per heavy atom. The average Bonchev–Trinajstić information content (AvgIpc) is 3.62. The van der Waals surface area contributed by atoms with Gasteiger partial charge in [0.05, 0.1) is 43.4 Å². The Morgan fingerprint density at radius 1 is 0.781 bits per heavy atom. The van der Waals surface area contributed by atoms with Crippen molar-refractivity contribution < 1.29 is 0 Å². The second kappa shape index (κ2) is 7.88. The highest BCUT2D eigenvalue weighted by Gasteiger charge is 2.27. The van der Waals surface area contributed by atoms with Gasteiger partial charge in [-0.25, -0.2) is 4.99 Å². The highest BCUT2D eigenvalue weighted by molar-refractivity contribution is 6.14. The van der Waals surface area contributed by atoms with Gasteiger partial charge >= 0.3 is 0 Å². The van der Waals surface area contributed by atoms with Gasteiger partial charge in [-0.2, -0.15) is 0 Å². The summed E-state index contributed by atoms with van der Waals surface area (Å²) in [5.74, 6) is 2.62. The number of aromatic nitrogens is 2. The van der Waals surface area contributed by atoms with E-state index in [1.807, 2.05) is 30.5 Å². The summed E-state index contributed by atoms with van der Waals surface area (Å²) in [5.41, 5.74) is 5.88. The monoisotopic (exact) mass is 422 g/mol. The Balaban J connectivity index is 1.34. The van der Waals surface area contributed by atoms with Crippen molar-refractivity contribution in [3.05, 3.63) is 83.4 Å². The highest BCUT2D eigenvalue weighted by atomic mass is 15.2. The van der Waals surface area contributed by atoms with E-state index in [2.05, 4.69) is 59.8 Å². The molecule has 3 aliphatic heterocycles. The first-order valence-corrected chi connectivity index (χ1v) is 10.8. The molecule has 0 amide bonds. The summed E-state index contributed by atoms with van der Waals surface area (Å²) in [5, 5.41) is 6.53. The van der Waals surface area contributed by atoms with Crippen LogP contribution < -0.4 is 15.5 Å². The maximum absolute atomic E-state index is 4.98. The van der Waals surface area contributed by atoms with Gasteiger partial charge in [-0.15, -0.1) is 0 Å². The van der Waals surface area contributed by atoms with Crippen LogP contribution in [0.25, 0.3) is 0 Å². The van der Waals surface area contributed by atoms with E-state index in [1.165, 1.54) is 5.56 Å². The van der Waals surface area contributed by atoms with E-state index in [-0.39, 0.29) is 0 Å². The fraction of sp³-hybridized carbons (Fsp3) is 0.208. The van der Waals surface area contributed by atoms with E-state index in [0.29, 0.717) is 0 Å². The number of nitrogens with one attached hydrogen (secondary N) is 2. The summed E-state index contributed by atoms with van der Waals surface area (Å²) in [6.45, 7) is 4.08. The van der Waals surface area contributed by atoms with Crippen LogP contribution in [0, 0.1) is 0 Å². The molecule has 8 nitrogen and oxygen atoms in total. The Hall–Kier alpha value is -4.07. The molecule has 2 aromatic heterocycles. The summed E-state index contributed by atoms with van der Waals surface area (Å²) in [6, 6.07) is 16.4. The first-order chi connectivity index (χ1) is 15.8. The summed E-state index contributed by atoms with van der Waals surface area (Å²) in [6.07, 6.45) is 3.69. The number of benzene rings is 1. The maximum atomic E-state index is 4.98. The van der Waals surface area contributed by atoms with Crippen molar-refractivity contribution in [2.75, 3.05) is 31.1 Å². The van der Waals surface area contributed by atoms with Gasteiger partial charge in [-0.3, -0.25) is 20.0 Å². The van der Waals surface area contributed by atoms with Crippen molar-refractivity contribution in [3.8, 4) is 0 Å². The summed E-state index contributed by atoms with van der Waals surface area (Å²) >= 11 is 0. The molecule has 0 bridgehead atoms. The van der Waals surface area contributed by atoms with Gasteiger partial charge in [-0.1, -0.05) is 24.3 Å². The number of nitrogens with zero attached hydrogens (tertiary/aromatic N) is 6. The molecule has 3 aliphatic rings. The molecule has 2 N–H and O–H groups in total. The van der Waals surface area contributed by atoms with Crippen LogP contribution in [0.2, 0.25) is 0 Å². The third-order valence-electron chi connectivity index (χ3n) is 5.72. The summed E-state index contributed by atoms with van der Waals surface area (Å²) in [4.78, 5) is 25.3. The number of hydrogen-bond acceptors (Lipinski definition) is 7. The molecular formula is C24H22N8. The Bertz CT molecular complexity index is 1240. The van der Waals surface area contributed by atoms with E-state index >= 15 is 0 Å². The van der Waals surface area contributed by atoms with Crippen LogP contribution in [0.3, 0.4) is 0 Å². The van der Waals surface area contributed by atoms with Crippen molar-refractivity contribution in [1.29, 1.82) is 0 Å². The van der Waals surface area contributed by atoms with Gasteiger partial charge in [0, 0.05) is 18.7 Å². The van der Waals surface area contributed by atoms with Crippen molar-refractivity contribution in [2.45, 2.75) is 6.54 Å². The van der Waals surface area contributed by atoms with Crippen LogP contribution in [-0.4, -0.2) is 53.7 Å². The molecular weight excluding hydrogens is 400 g/mol. The number of fused-ring (bicyclic) bond motifs is 1. The van der Waals surface area contributed by atoms with Crippen LogP contribution in [0.4, 0.5) is 11.4 Å². The lowest BCUT2D eigenvalue weighted by Gasteiger charge is -2.19.